The smallest absolute Gasteiger partial charge is 0.159 e. The molecule has 0 aliphatic carbocycles. The highest BCUT2D eigenvalue weighted by Crippen LogP contribution is 2.40. The van der Waals surface area contributed by atoms with Gasteiger partial charge in [-0.05, 0) is 63.2 Å². The molecule has 0 saturated carbocycles. The first-order chi connectivity index (χ1) is 16.1. The van der Waals surface area contributed by atoms with Gasteiger partial charge in [-0.3, -0.25) is 4.79 Å². The van der Waals surface area contributed by atoms with Crippen molar-refractivity contribution in [1.29, 1.82) is 0 Å². The van der Waals surface area contributed by atoms with Gasteiger partial charge in [0.2, 0.25) is 0 Å². The minimum absolute atomic E-state index is 0.121. The predicted octanol–water partition coefficient (Wildman–Crippen LogP) is 5.76. The molecule has 4 aromatic rings. The summed E-state index contributed by atoms with van der Waals surface area (Å²) in [6.45, 7) is 3.62. The summed E-state index contributed by atoms with van der Waals surface area (Å²) in [6.07, 6.45) is 5.48. The van der Waals surface area contributed by atoms with Crippen molar-refractivity contribution in [3.05, 3.63) is 89.6 Å². The van der Waals surface area contributed by atoms with Crippen molar-refractivity contribution in [2.45, 2.75) is 25.7 Å². The summed E-state index contributed by atoms with van der Waals surface area (Å²) in [4.78, 5) is 25.0. The van der Waals surface area contributed by atoms with E-state index in [-0.39, 0.29) is 11.6 Å². The van der Waals surface area contributed by atoms with Crippen LogP contribution in [0.1, 0.15) is 41.0 Å². The Hall–Kier alpha value is -3.29. The molecule has 2 aromatic carbocycles. The standard InChI is InChI=1S/C18H17FN4S.C8H8O/c19-14-3-1-12(2-4-14)16-17(15-7-10-21-11-22-15)24-18(23-16)13-5-8-20-9-6-13;1-7(9)8-5-3-2-4-6-8/h1-4,7,10-11,13,20H,5-6,8-9H2;2-6H,1H3. The van der Waals surface area contributed by atoms with E-state index in [0.29, 0.717) is 5.92 Å². The van der Waals surface area contributed by atoms with E-state index in [1.165, 1.54) is 12.1 Å². The highest BCUT2D eigenvalue weighted by atomic mass is 32.1. The first-order valence-corrected chi connectivity index (χ1v) is 11.7. The van der Waals surface area contributed by atoms with Crippen molar-refractivity contribution in [3.8, 4) is 21.8 Å². The van der Waals surface area contributed by atoms with E-state index < -0.39 is 0 Å². The second kappa shape index (κ2) is 11.0. The van der Waals surface area contributed by atoms with Crippen LogP contribution >= 0.6 is 11.3 Å². The Balaban J connectivity index is 0.000000243. The molecule has 0 radical (unpaired) electrons. The number of Topliss-reactive ketones (excluding diaryl/α,β-unsaturated/α-hetero) is 1. The van der Waals surface area contributed by atoms with Crippen LogP contribution in [0.5, 0.6) is 0 Å². The number of carbonyl (C=O) groups excluding carboxylic acids is 1. The molecular weight excluding hydrogens is 435 g/mol. The lowest BCUT2D eigenvalue weighted by atomic mass is 9.99. The van der Waals surface area contributed by atoms with E-state index in [9.17, 15) is 9.18 Å². The fourth-order valence-electron chi connectivity index (χ4n) is 3.66. The lowest BCUT2D eigenvalue weighted by molar-refractivity contribution is 0.101. The molecule has 1 saturated heterocycles. The van der Waals surface area contributed by atoms with Crippen molar-refractivity contribution >= 4 is 17.1 Å². The fraction of sp³-hybridized carbons (Fsp3) is 0.231. The van der Waals surface area contributed by atoms with Crippen LogP contribution < -0.4 is 5.32 Å². The maximum Gasteiger partial charge on any atom is 0.159 e. The van der Waals surface area contributed by atoms with Gasteiger partial charge in [-0.1, -0.05) is 30.3 Å². The van der Waals surface area contributed by atoms with E-state index in [2.05, 4.69) is 15.3 Å². The van der Waals surface area contributed by atoms with Gasteiger partial charge in [-0.2, -0.15) is 0 Å². The molecule has 168 valence electrons. The number of hydrogen-bond acceptors (Lipinski definition) is 6. The van der Waals surface area contributed by atoms with Crippen LogP contribution in [0.15, 0.2) is 73.2 Å². The van der Waals surface area contributed by atoms with Gasteiger partial charge in [0.25, 0.3) is 0 Å². The van der Waals surface area contributed by atoms with Crippen LogP contribution in [0, 0.1) is 5.82 Å². The lowest BCUT2D eigenvalue weighted by Crippen LogP contribution is -2.26. The van der Waals surface area contributed by atoms with Crippen molar-refractivity contribution in [1.82, 2.24) is 20.3 Å². The number of halogens is 1. The number of carbonyl (C=O) groups is 1. The largest absolute Gasteiger partial charge is 0.317 e. The maximum atomic E-state index is 13.3. The molecule has 3 heterocycles. The van der Waals surface area contributed by atoms with Gasteiger partial charge < -0.3 is 5.32 Å². The van der Waals surface area contributed by atoms with Crippen LogP contribution in [0.4, 0.5) is 4.39 Å². The van der Waals surface area contributed by atoms with Gasteiger partial charge >= 0.3 is 0 Å². The fourth-order valence-corrected chi connectivity index (χ4v) is 4.89. The quantitative estimate of drug-likeness (QED) is 0.392. The summed E-state index contributed by atoms with van der Waals surface area (Å²) in [7, 11) is 0. The summed E-state index contributed by atoms with van der Waals surface area (Å²) >= 11 is 1.70. The molecule has 0 amide bonds. The molecule has 1 N–H and O–H groups in total. The second-order valence-corrected chi connectivity index (χ2v) is 8.81. The Morgan fingerprint density at radius 3 is 2.36 bits per heavy atom. The van der Waals surface area contributed by atoms with E-state index in [0.717, 1.165) is 58.3 Å². The van der Waals surface area contributed by atoms with Crippen LogP contribution in [0.3, 0.4) is 0 Å². The summed E-state index contributed by atoms with van der Waals surface area (Å²) in [5.74, 6) is 0.359. The molecular formula is C26H25FN4OS. The maximum absolute atomic E-state index is 13.3. The van der Waals surface area contributed by atoms with Crippen molar-refractivity contribution < 1.29 is 9.18 Å². The summed E-state index contributed by atoms with van der Waals surface area (Å²) < 4.78 is 13.3. The van der Waals surface area contributed by atoms with Crippen molar-refractivity contribution in [2.24, 2.45) is 0 Å². The number of rotatable bonds is 4. The van der Waals surface area contributed by atoms with Gasteiger partial charge in [0, 0.05) is 23.2 Å². The predicted molar refractivity (Wildman–Crippen MR) is 130 cm³/mol. The van der Waals surface area contributed by atoms with Gasteiger partial charge in [0.1, 0.15) is 12.1 Å². The number of ketones is 1. The van der Waals surface area contributed by atoms with Gasteiger partial charge in [-0.25, -0.2) is 19.3 Å². The lowest BCUT2D eigenvalue weighted by Gasteiger charge is -2.20. The highest BCUT2D eigenvalue weighted by molar-refractivity contribution is 7.15. The Morgan fingerprint density at radius 2 is 1.76 bits per heavy atom. The Labute approximate surface area is 196 Å². The number of hydrogen-bond donors (Lipinski definition) is 1. The third-order valence-electron chi connectivity index (χ3n) is 5.44. The molecule has 0 unspecified atom stereocenters. The second-order valence-electron chi connectivity index (χ2n) is 7.78. The number of benzene rings is 2. The Kier molecular flexibility index (Phi) is 7.65. The van der Waals surface area contributed by atoms with Crippen molar-refractivity contribution in [3.63, 3.8) is 0 Å². The number of piperidine rings is 1. The Bertz CT molecular complexity index is 1170. The van der Waals surface area contributed by atoms with Crippen LogP contribution in [-0.4, -0.2) is 33.8 Å². The molecule has 33 heavy (non-hydrogen) atoms. The average molecular weight is 461 g/mol. The van der Waals surface area contributed by atoms with Crippen LogP contribution in [0.2, 0.25) is 0 Å². The first-order valence-electron chi connectivity index (χ1n) is 10.9. The molecule has 0 bridgehead atoms. The summed E-state index contributed by atoms with van der Waals surface area (Å²) in [6, 6.07) is 17.6. The molecule has 5 nitrogen and oxygen atoms in total. The molecule has 1 aliphatic heterocycles. The zero-order valence-electron chi connectivity index (χ0n) is 18.4. The van der Waals surface area contributed by atoms with Crippen molar-refractivity contribution in [2.75, 3.05) is 13.1 Å². The molecule has 2 aromatic heterocycles. The molecule has 0 spiro atoms. The zero-order chi connectivity index (χ0) is 23.0. The number of thiazole rings is 1. The zero-order valence-corrected chi connectivity index (χ0v) is 19.2. The van der Waals surface area contributed by atoms with E-state index in [4.69, 9.17) is 4.98 Å². The van der Waals surface area contributed by atoms with Gasteiger partial charge in [0.05, 0.1) is 21.3 Å². The summed E-state index contributed by atoms with van der Waals surface area (Å²) in [5, 5.41) is 4.53. The number of nitrogens with zero attached hydrogens (tertiary/aromatic N) is 3. The van der Waals surface area contributed by atoms with Gasteiger partial charge in [-0.15, -0.1) is 11.3 Å². The third kappa shape index (κ3) is 5.94. The minimum Gasteiger partial charge on any atom is -0.317 e. The topological polar surface area (TPSA) is 67.8 Å². The van der Waals surface area contributed by atoms with E-state index >= 15 is 0 Å². The van der Waals surface area contributed by atoms with Crippen LogP contribution in [0.25, 0.3) is 21.8 Å². The van der Waals surface area contributed by atoms with E-state index in [1.54, 1.807) is 42.9 Å². The normalized spacial score (nSPS) is 13.8. The average Bonchev–Trinajstić information content (AvgIpc) is 3.32. The number of aromatic nitrogens is 3. The van der Waals surface area contributed by atoms with Gasteiger partial charge in [0.15, 0.2) is 5.78 Å². The van der Waals surface area contributed by atoms with E-state index in [1.807, 2.05) is 36.4 Å². The molecule has 1 fully saturated rings. The minimum atomic E-state index is -0.240. The molecule has 1 aliphatic rings. The third-order valence-corrected chi connectivity index (χ3v) is 6.69. The monoisotopic (exact) mass is 460 g/mol. The first kappa shape index (κ1) is 22.9. The van der Waals surface area contributed by atoms with Crippen LogP contribution in [-0.2, 0) is 0 Å². The number of nitrogens with one attached hydrogen (secondary N) is 1. The highest BCUT2D eigenvalue weighted by Gasteiger charge is 2.23. The SMILES string of the molecule is CC(=O)c1ccccc1.Fc1ccc(-c2nc(C3CCNCC3)sc2-c2ccncn2)cc1. The molecule has 0 atom stereocenters. The molecule has 5 rings (SSSR count). The molecule has 7 heteroatoms. The Morgan fingerprint density at radius 1 is 1.03 bits per heavy atom. The summed E-state index contributed by atoms with van der Waals surface area (Å²) in [5.41, 5.74) is 3.44.